The minimum absolute atomic E-state index is 1.17. The Labute approximate surface area is 65.7 Å². The van der Waals surface area contributed by atoms with Crippen LogP contribution >= 0.6 is 0 Å². The maximum absolute atomic E-state index is 10.2. The standard InChI is InChI=1S/C4H5N3O5/c5-7-6-4(12,3(10)11)1-2(8)9/h12H,1H2,(H,8,9)(H,10,11). The van der Waals surface area contributed by atoms with Crippen LogP contribution in [0.5, 0.6) is 0 Å². The van der Waals surface area contributed by atoms with Crippen LogP contribution in [0.25, 0.3) is 10.4 Å². The molecule has 1 unspecified atom stereocenters. The van der Waals surface area contributed by atoms with E-state index in [1.807, 2.05) is 4.91 Å². The van der Waals surface area contributed by atoms with E-state index in [0.29, 0.717) is 0 Å². The fraction of sp³-hybridized carbons (Fsp3) is 0.500. The van der Waals surface area contributed by atoms with Crippen LogP contribution in [0.2, 0.25) is 0 Å². The number of hydrogen-bond donors (Lipinski definition) is 3. The van der Waals surface area contributed by atoms with Crippen molar-refractivity contribution < 1.29 is 24.9 Å². The molecule has 66 valence electrons. The molecule has 0 spiro atoms. The Morgan fingerprint density at radius 2 is 2.00 bits per heavy atom. The molecule has 8 nitrogen and oxygen atoms in total. The number of carbonyl (C=O) groups is 2. The van der Waals surface area contributed by atoms with Crippen molar-refractivity contribution in [2.75, 3.05) is 0 Å². The Kier molecular flexibility index (Phi) is 3.03. The summed E-state index contributed by atoms with van der Waals surface area (Å²) >= 11 is 0. The fourth-order valence-electron chi connectivity index (χ4n) is 0.439. The predicted octanol–water partition coefficient (Wildman–Crippen LogP) is -0.455. The van der Waals surface area contributed by atoms with Gasteiger partial charge in [-0.25, -0.2) is 4.79 Å². The quantitative estimate of drug-likeness (QED) is 0.301. The normalized spacial score (nSPS) is 14.1. The third kappa shape index (κ3) is 2.45. The van der Waals surface area contributed by atoms with Gasteiger partial charge in [0.1, 0.15) is 0 Å². The van der Waals surface area contributed by atoms with E-state index in [2.05, 4.69) is 5.11 Å². The van der Waals surface area contributed by atoms with Crippen LogP contribution in [0.3, 0.4) is 0 Å². The van der Waals surface area contributed by atoms with Crippen LogP contribution < -0.4 is 0 Å². The number of hydrogen-bond acceptors (Lipinski definition) is 4. The van der Waals surface area contributed by atoms with Crippen molar-refractivity contribution in [1.82, 2.24) is 0 Å². The van der Waals surface area contributed by atoms with E-state index in [4.69, 9.17) is 20.9 Å². The van der Waals surface area contributed by atoms with Gasteiger partial charge in [-0.1, -0.05) is 0 Å². The van der Waals surface area contributed by atoms with E-state index in [0.717, 1.165) is 0 Å². The summed E-state index contributed by atoms with van der Waals surface area (Å²) in [4.78, 5) is 22.2. The van der Waals surface area contributed by atoms with Crippen molar-refractivity contribution in [1.29, 1.82) is 0 Å². The molecule has 0 fully saturated rings. The molecule has 0 aromatic carbocycles. The summed E-state index contributed by atoms with van der Waals surface area (Å²) in [6.45, 7) is 0. The maximum atomic E-state index is 10.2. The summed E-state index contributed by atoms with van der Waals surface area (Å²) in [6, 6.07) is 0. The molecule has 0 amide bonds. The molecule has 0 aliphatic rings. The molecule has 0 bridgehead atoms. The molecule has 8 heteroatoms. The summed E-state index contributed by atoms with van der Waals surface area (Å²) < 4.78 is 0. The van der Waals surface area contributed by atoms with E-state index in [1.165, 1.54) is 0 Å². The van der Waals surface area contributed by atoms with Crippen molar-refractivity contribution in [3.8, 4) is 0 Å². The highest BCUT2D eigenvalue weighted by molar-refractivity contribution is 5.83. The van der Waals surface area contributed by atoms with Crippen molar-refractivity contribution in [3.05, 3.63) is 10.4 Å². The Morgan fingerprint density at radius 1 is 1.50 bits per heavy atom. The third-order valence-electron chi connectivity index (χ3n) is 0.950. The van der Waals surface area contributed by atoms with Gasteiger partial charge in [-0.2, -0.15) is 0 Å². The lowest BCUT2D eigenvalue weighted by Gasteiger charge is -2.13. The number of aliphatic hydroxyl groups is 1. The van der Waals surface area contributed by atoms with Gasteiger partial charge in [-0.05, 0) is 10.6 Å². The van der Waals surface area contributed by atoms with Crippen molar-refractivity contribution in [2.24, 2.45) is 5.11 Å². The summed E-state index contributed by atoms with van der Waals surface area (Å²) in [5.74, 6) is -3.48. The van der Waals surface area contributed by atoms with Gasteiger partial charge in [0.15, 0.2) is 0 Å². The molecule has 0 aliphatic heterocycles. The molecule has 0 aromatic heterocycles. The Morgan fingerprint density at radius 3 is 2.25 bits per heavy atom. The van der Waals surface area contributed by atoms with Crippen molar-refractivity contribution >= 4 is 11.9 Å². The minimum atomic E-state index is -2.90. The fourth-order valence-corrected chi connectivity index (χ4v) is 0.439. The number of carboxylic acid groups (broad SMARTS) is 2. The van der Waals surface area contributed by atoms with E-state index in [1.54, 1.807) is 0 Å². The molecule has 0 rings (SSSR count). The van der Waals surface area contributed by atoms with Crippen LogP contribution in [0.4, 0.5) is 0 Å². The molecule has 0 saturated heterocycles. The molecule has 0 heterocycles. The number of rotatable bonds is 4. The van der Waals surface area contributed by atoms with Crippen LogP contribution in [-0.2, 0) is 9.59 Å². The average Bonchev–Trinajstić information content (AvgIpc) is 1.85. The highest BCUT2D eigenvalue weighted by Crippen LogP contribution is 2.12. The average molecular weight is 175 g/mol. The largest absolute Gasteiger partial charge is 0.481 e. The number of nitrogens with zero attached hydrogens (tertiary/aromatic N) is 3. The van der Waals surface area contributed by atoms with Crippen molar-refractivity contribution in [2.45, 2.75) is 12.1 Å². The van der Waals surface area contributed by atoms with Crippen LogP contribution in [0, 0.1) is 0 Å². The summed E-state index contributed by atoms with van der Waals surface area (Å²) in [7, 11) is 0. The van der Waals surface area contributed by atoms with Crippen molar-refractivity contribution in [3.63, 3.8) is 0 Å². The summed E-state index contributed by atoms with van der Waals surface area (Å²) in [5, 5.41) is 27.7. The zero-order valence-corrected chi connectivity index (χ0v) is 5.71. The number of azide groups is 1. The molecule has 0 radical (unpaired) electrons. The van der Waals surface area contributed by atoms with Gasteiger partial charge >= 0.3 is 11.9 Å². The predicted molar refractivity (Wildman–Crippen MR) is 34.0 cm³/mol. The first-order chi connectivity index (χ1) is 5.42. The first-order valence-electron chi connectivity index (χ1n) is 2.66. The van der Waals surface area contributed by atoms with E-state index < -0.39 is 24.1 Å². The van der Waals surface area contributed by atoms with E-state index >= 15 is 0 Å². The van der Waals surface area contributed by atoms with Gasteiger partial charge in [0.25, 0.3) is 5.72 Å². The molecule has 0 aliphatic carbocycles. The first kappa shape index (κ1) is 10.2. The lowest BCUT2D eigenvalue weighted by Crippen LogP contribution is -2.38. The number of aliphatic carboxylic acids is 2. The molecule has 12 heavy (non-hydrogen) atoms. The van der Waals surface area contributed by atoms with Crippen LogP contribution in [0.1, 0.15) is 6.42 Å². The van der Waals surface area contributed by atoms with E-state index in [9.17, 15) is 9.59 Å². The second-order valence-corrected chi connectivity index (χ2v) is 1.88. The lowest BCUT2D eigenvalue weighted by atomic mass is 10.1. The second kappa shape index (κ2) is 3.56. The molecular weight excluding hydrogens is 170 g/mol. The van der Waals surface area contributed by atoms with Crippen LogP contribution in [0.15, 0.2) is 5.11 Å². The van der Waals surface area contributed by atoms with Gasteiger partial charge in [0, 0.05) is 4.91 Å². The smallest absolute Gasteiger partial charge is 0.342 e. The van der Waals surface area contributed by atoms with Gasteiger partial charge in [-0.15, -0.1) is 0 Å². The van der Waals surface area contributed by atoms with Gasteiger partial charge in [0.2, 0.25) is 0 Å². The lowest BCUT2D eigenvalue weighted by molar-refractivity contribution is -0.164. The Hall–Kier alpha value is -1.79. The summed E-state index contributed by atoms with van der Waals surface area (Å²) in [5.41, 5.74) is 4.90. The highest BCUT2D eigenvalue weighted by Gasteiger charge is 2.37. The molecule has 0 saturated carbocycles. The first-order valence-corrected chi connectivity index (χ1v) is 2.66. The minimum Gasteiger partial charge on any atom is -0.481 e. The highest BCUT2D eigenvalue weighted by atomic mass is 16.4. The third-order valence-corrected chi connectivity index (χ3v) is 0.950. The number of carboxylic acids is 2. The second-order valence-electron chi connectivity index (χ2n) is 1.88. The SMILES string of the molecule is [N-]=[N+]=NC(O)(CC(=O)O)C(=O)O. The van der Waals surface area contributed by atoms with Crippen LogP contribution in [-0.4, -0.2) is 33.0 Å². The van der Waals surface area contributed by atoms with Gasteiger partial charge in [0.05, 0.1) is 6.42 Å². The zero-order valence-electron chi connectivity index (χ0n) is 5.71. The molecular formula is C4H5N3O5. The Bertz CT molecular complexity index is 253. The monoisotopic (exact) mass is 175 g/mol. The maximum Gasteiger partial charge on any atom is 0.342 e. The Balaban J connectivity index is 4.73. The molecule has 3 N–H and O–H groups in total. The molecule has 0 aromatic rings. The van der Waals surface area contributed by atoms with Gasteiger partial charge < -0.3 is 15.3 Å². The summed E-state index contributed by atoms with van der Waals surface area (Å²) in [6.07, 6.45) is -1.17. The zero-order chi connectivity index (χ0) is 9.78. The topological polar surface area (TPSA) is 144 Å². The van der Waals surface area contributed by atoms with Gasteiger partial charge in [-0.3, -0.25) is 4.79 Å². The van der Waals surface area contributed by atoms with E-state index in [-0.39, 0.29) is 0 Å². The molecule has 1 atom stereocenters.